The number of carbonyl (C=O) groups excluding carboxylic acids is 1. The molecule has 0 spiro atoms. The van der Waals surface area contributed by atoms with Gasteiger partial charge in [0.2, 0.25) is 15.9 Å². The van der Waals surface area contributed by atoms with E-state index < -0.39 is 22.2 Å². The fourth-order valence-corrected chi connectivity index (χ4v) is 5.63. The number of hydrogen-bond acceptors (Lipinski definition) is 5. The highest BCUT2D eigenvalue weighted by Crippen LogP contribution is 2.25. The molecule has 2 aliphatic rings. The summed E-state index contributed by atoms with van der Waals surface area (Å²) >= 11 is 0. The summed E-state index contributed by atoms with van der Waals surface area (Å²) in [5.74, 6) is 0.268. The predicted molar refractivity (Wildman–Crippen MR) is 114 cm³/mol. The van der Waals surface area contributed by atoms with Crippen molar-refractivity contribution in [3.63, 3.8) is 0 Å². The minimum absolute atomic E-state index is 0.103. The monoisotopic (exact) mass is 438 g/mol. The van der Waals surface area contributed by atoms with Gasteiger partial charge in [0.15, 0.2) is 0 Å². The maximum atomic E-state index is 12.7. The van der Waals surface area contributed by atoms with Crippen molar-refractivity contribution in [2.24, 2.45) is 5.92 Å². The van der Waals surface area contributed by atoms with Gasteiger partial charge in [0, 0.05) is 12.5 Å². The van der Waals surface area contributed by atoms with Crippen molar-refractivity contribution < 1.29 is 23.1 Å². The quantitative estimate of drug-likeness (QED) is 0.578. The fourth-order valence-electron chi connectivity index (χ4n) is 4.33. The Morgan fingerprint density at radius 3 is 2.47 bits per heavy atom. The average Bonchev–Trinajstić information content (AvgIpc) is 2.75. The zero-order valence-corrected chi connectivity index (χ0v) is 18.5. The second-order valence-corrected chi connectivity index (χ2v) is 10.2. The summed E-state index contributed by atoms with van der Waals surface area (Å²) in [6, 6.07) is 6.19. The summed E-state index contributed by atoms with van der Waals surface area (Å²) in [6.45, 7) is 2.18. The Labute approximate surface area is 179 Å². The van der Waals surface area contributed by atoms with Crippen LogP contribution in [0.25, 0.3) is 0 Å². The molecule has 168 valence electrons. The van der Waals surface area contributed by atoms with Gasteiger partial charge in [-0.15, -0.1) is 0 Å². The third kappa shape index (κ3) is 6.26. The number of aliphatic hydroxyl groups excluding tert-OH is 1. The zero-order valence-electron chi connectivity index (χ0n) is 17.7. The van der Waals surface area contributed by atoms with Crippen LogP contribution < -0.4 is 10.0 Å². The highest BCUT2D eigenvalue weighted by atomic mass is 32.2. The third-order valence-electron chi connectivity index (χ3n) is 6.17. The minimum Gasteiger partial charge on any atom is -0.394 e. The number of sulfonamides is 1. The van der Waals surface area contributed by atoms with Crippen LogP contribution in [0.15, 0.2) is 29.2 Å². The lowest BCUT2D eigenvalue weighted by molar-refractivity contribution is -0.126. The molecule has 0 radical (unpaired) electrons. The lowest BCUT2D eigenvalue weighted by atomic mass is 9.88. The molecule has 1 aliphatic heterocycles. The van der Waals surface area contributed by atoms with Gasteiger partial charge in [-0.3, -0.25) is 4.79 Å². The van der Waals surface area contributed by atoms with E-state index in [-0.39, 0.29) is 29.4 Å². The van der Waals surface area contributed by atoms with E-state index in [1.54, 1.807) is 24.3 Å². The molecule has 1 aliphatic carbocycles. The van der Waals surface area contributed by atoms with Crippen LogP contribution in [-0.2, 0) is 19.6 Å². The van der Waals surface area contributed by atoms with E-state index in [1.165, 1.54) is 6.42 Å². The van der Waals surface area contributed by atoms with Crippen molar-refractivity contribution in [3.05, 3.63) is 29.8 Å². The minimum atomic E-state index is -3.68. The smallest absolute Gasteiger partial charge is 0.240 e. The molecule has 1 saturated carbocycles. The molecule has 1 heterocycles. The Bertz CT molecular complexity index is 790. The second-order valence-electron chi connectivity index (χ2n) is 8.51. The largest absolute Gasteiger partial charge is 0.394 e. The Kier molecular flexibility index (Phi) is 8.27. The number of carbonyl (C=O) groups is 1. The van der Waals surface area contributed by atoms with Gasteiger partial charge in [-0.1, -0.05) is 37.0 Å². The second kappa shape index (κ2) is 10.7. The Balaban J connectivity index is 1.47. The molecule has 0 bridgehead atoms. The molecular weight excluding hydrogens is 404 g/mol. The molecular formula is C22H34N2O5S. The van der Waals surface area contributed by atoms with Crippen molar-refractivity contribution in [3.8, 4) is 0 Å². The highest BCUT2D eigenvalue weighted by Gasteiger charge is 2.34. The molecule has 3 atom stereocenters. The van der Waals surface area contributed by atoms with E-state index in [0.29, 0.717) is 25.8 Å². The van der Waals surface area contributed by atoms with Crippen LogP contribution in [0, 0.1) is 12.8 Å². The first-order valence-corrected chi connectivity index (χ1v) is 12.5. The molecule has 3 N–H and O–H groups in total. The van der Waals surface area contributed by atoms with E-state index in [0.717, 1.165) is 31.2 Å². The average molecular weight is 439 g/mol. The van der Waals surface area contributed by atoms with Crippen molar-refractivity contribution in [1.82, 2.24) is 10.0 Å². The third-order valence-corrected chi connectivity index (χ3v) is 7.68. The summed E-state index contributed by atoms with van der Waals surface area (Å²) in [5, 5.41) is 12.8. The lowest BCUT2D eigenvalue weighted by Crippen LogP contribution is -2.51. The molecule has 30 heavy (non-hydrogen) atoms. The van der Waals surface area contributed by atoms with E-state index >= 15 is 0 Å². The lowest BCUT2D eigenvalue weighted by Gasteiger charge is -2.36. The fraction of sp³-hybridized carbons (Fsp3) is 0.682. The van der Waals surface area contributed by atoms with E-state index in [4.69, 9.17) is 4.74 Å². The molecule has 2 fully saturated rings. The van der Waals surface area contributed by atoms with Gasteiger partial charge in [0.1, 0.15) is 0 Å². The van der Waals surface area contributed by atoms with Crippen LogP contribution in [0.2, 0.25) is 0 Å². The first-order chi connectivity index (χ1) is 14.4. The van der Waals surface area contributed by atoms with Crippen LogP contribution in [-0.4, -0.2) is 50.8 Å². The predicted octanol–water partition coefficient (Wildman–Crippen LogP) is 2.27. The number of ether oxygens (including phenoxy) is 1. The summed E-state index contributed by atoms with van der Waals surface area (Å²) in [4.78, 5) is 12.5. The van der Waals surface area contributed by atoms with Crippen LogP contribution >= 0.6 is 0 Å². The number of aryl methyl sites for hydroxylation is 1. The van der Waals surface area contributed by atoms with Gasteiger partial charge >= 0.3 is 0 Å². The van der Waals surface area contributed by atoms with Gasteiger partial charge in [0.05, 0.1) is 29.8 Å². The van der Waals surface area contributed by atoms with Gasteiger partial charge in [0.25, 0.3) is 0 Å². The number of benzene rings is 1. The first-order valence-electron chi connectivity index (χ1n) is 11.0. The summed E-state index contributed by atoms with van der Waals surface area (Å²) < 4.78 is 33.9. The van der Waals surface area contributed by atoms with Crippen LogP contribution in [0.5, 0.6) is 0 Å². The molecule has 1 aromatic carbocycles. The topological polar surface area (TPSA) is 105 Å². The highest BCUT2D eigenvalue weighted by molar-refractivity contribution is 7.89. The normalized spacial score (nSPS) is 25.7. The van der Waals surface area contributed by atoms with Gasteiger partial charge in [-0.2, -0.15) is 0 Å². The van der Waals surface area contributed by atoms with E-state index in [9.17, 15) is 18.3 Å². The summed E-state index contributed by atoms with van der Waals surface area (Å²) in [6.07, 6.45) is 6.64. The molecule has 8 heteroatoms. The first kappa shape index (κ1) is 23.2. The Morgan fingerprint density at radius 1 is 1.10 bits per heavy atom. The summed E-state index contributed by atoms with van der Waals surface area (Å²) in [7, 11) is -3.68. The SMILES string of the molecule is Cc1ccc(S(=O)(=O)N[C@H]2CC[C@H](CCNC(=O)C3CCCCC3)O[C@H]2CO)cc1. The van der Waals surface area contributed by atoms with E-state index in [2.05, 4.69) is 10.0 Å². The number of amides is 1. The Hall–Kier alpha value is -1.48. The maximum absolute atomic E-state index is 12.7. The number of aliphatic hydroxyl groups is 1. The molecule has 3 rings (SSSR count). The maximum Gasteiger partial charge on any atom is 0.240 e. The molecule has 1 amide bonds. The van der Waals surface area contributed by atoms with Gasteiger partial charge < -0.3 is 15.2 Å². The molecule has 1 saturated heterocycles. The van der Waals surface area contributed by atoms with Crippen LogP contribution in [0.1, 0.15) is 56.9 Å². The van der Waals surface area contributed by atoms with Crippen molar-refractivity contribution >= 4 is 15.9 Å². The summed E-state index contributed by atoms with van der Waals surface area (Å²) in [5.41, 5.74) is 0.988. The number of hydrogen-bond donors (Lipinski definition) is 3. The van der Waals surface area contributed by atoms with Crippen molar-refractivity contribution in [2.75, 3.05) is 13.2 Å². The molecule has 7 nitrogen and oxygen atoms in total. The van der Waals surface area contributed by atoms with Gasteiger partial charge in [-0.05, 0) is 51.2 Å². The van der Waals surface area contributed by atoms with Crippen LogP contribution in [0.3, 0.4) is 0 Å². The molecule has 1 aromatic rings. The number of nitrogens with one attached hydrogen (secondary N) is 2. The van der Waals surface area contributed by atoms with Gasteiger partial charge in [-0.25, -0.2) is 13.1 Å². The molecule has 0 unspecified atom stereocenters. The van der Waals surface area contributed by atoms with Crippen molar-refractivity contribution in [1.29, 1.82) is 0 Å². The number of rotatable bonds is 8. The van der Waals surface area contributed by atoms with Crippen LogP contribution in [0.4, 0.5) is 0 Å². The standard InChI is InChI=1S/C22H34N2O5S/c1-16-7-10-19(11-8-16)30(27,28)24-20-12-9-18(29-21(20)15-25)13-14-23-22(26)17-5-3-2-4-6-17/h7-8,10-11,17-18,20-21,24-25H,2-6,9,12-15H2,1H3,(H,23,26)/t18-,20+,21+/m1/s1. The van der Waals surface area contributed by atoms with E-state index in [1.807, 2.05) is 6.92 Å². The Morgan fingerprint density at radius 2 is 1.80 bits per heavy atom. The molecule has 0 aromatic heterocycles. The van der Waals surface area contributed by atoms with Crippen molar-refractivity contribution in [2.45, 2.75) is 81.4 Å². The zero-order chi connectivity index (χ0) is 21.6.